The number of methoxy groups -OCH3 is 2. The number of anilines is 1. The Morgan fingerprint density at radius 2 is 1.75 bits per heavy atom. The summed E-state index contributed by atoms with van der Waals surface area (Å²) in [6.45, 7) is 1.91. The molecule has 0 saturated carbocycles. The summed E-state index contributed by atoms with van der Waals surface area (Å²) in [5, 5.41) is 3.13. The monoisotopic (exact) mass is 477 g/mol. The van der Waals surface area contributed by atoms with Gasteiger partial charge in [-0.15, -0.1) is 11.3 Å². The minimum atomic E-state index is -4.02. The zero-order valence-corrected chi connectivity index (χ0v) is 19.8. The number of aromatic nitrogens is 1. The summed E-state index contributed by atoms with van der Waals surface area (Å²) in [6.07, 6.45) is 0. The summed E-state index contributed by atoms with van der Waals surface area (Å²) in [6, 6.07) is 11.6. The molecule has 170 valence electrons. The molecule has 0 aliphatic carbocycles. The number of aryl methyl sites for hydroxylation is 1. The predicted molar refractivity (Wildman–Crippen MR) is 122 cm³/mol. The highest BCUT2D eigenvalue weighted by Crippen LogP contribution is 2.32. The number of sulfonamides is 1. The summed E-state index contributed by atoms with van der Waals surface area (Å²) in [4.78, 5) is 22.9. The van der Waals surface area contributed by atoms with Crippen molar-refractivity contribution in [3.8, 4) is 22.8 Å². The zero-order chi connectivity index (χ0) is 23.5. The molecule has 0 saturated heterocycles. The van der Waals surface area contributed by atoms with Crippen LogP contribution >= 0.6 is 11.3 Å². The van der Waals surface area contributed by atoms with Gasteiger partial charge >= 0.3 is 0 Å². The van der Waals surface area contributed by atoms with Crippen LogP contribution < -0.4 is 14.8 Å². The third-order valence-corrected chi connectivity index (χ3v) is 7.27. The number of hydrogen-bond acceptors (Lipinski definition) is 8. The van der Waals surface area contributed by atoms with Gasteiger partial charge in [0.1, 0.15) is 16.4 Å². The number of nitrogens with zero attached hydrogens (tertiary/aromatic N) is 2. The van der Waals surface area contributed by atoms with E-state index in [1.165, 1.54) is 50.8 Å². The lowest BCUT2D eigenvalue weighted by Gasteiger charge is -2.17. The van der Waals surface area contributed by atoms with Crippen LogP contribution in [0.1, 0.15) is 15.2 Å². The highest BCUT2D eigenvalue weighted by molar-refractivity contribution is 7.89. The molecule has 0 aliphatic rings. The molecular weight excluding hydrogens is 454 g/mol. The van der Waals surface area contributed by atoms with Crippen molar-refractivity contribution in [2.24, 2.45) is 0 Å². The first-order valence-corrected chi connectivity index (χ1v) is 11.6. The van der Waals surface area contributed by atoms with Gasteiger partial charge in [0.2, 0.25) is 0 Å². The van der Waals surface area contributed by atoms with Crippen LogP contribution in [0, 0.1) is 6.92 Å². The predicted octanol–water partition coefficient (Wildman–Crippen LogP) is 3.57. The zero-order valence-electron chi connectivity index (χ0n) is 18.2. The van der Waals surface area contributed by atoms with Crippen molar-refractivity contribution in [2.75, 3.05) is 33.7 Å². The number of amides is 1. The van der Waals surface area contributed by atoms with Crippen LogP contribution in [0.4, 0.5) is 5.13 Å². The standard InChI is InChI=1S/C21H23N3O6S2/c1-13-19(14-6-9-16(28-3)10-7-14)22-21(31-13)23-20(25)15-8-11-17(29-4)18(12-15)32(26,27)24(2)30-5/h6-12H,1-5H3,(H,22,23,25). The third kappa shape index (κ3) is 4.75. The maximum atomic E-state index is 12.8. The van der Waals surface area contributed by atoms with Crippen LogP contribution in [0.2, 0.25) is 0 Å². The number of thiazole rings is 1. The SMILES string of the molecule is COc1ccc(-c2nc(NC(=O)c3ccc(OC)c(S(=O)(=O)N(C)OC)c3)sc2C)cc1. The molecule has 0 bridgehead atoms. The van der Waals surface area contributed by atoms with Crippen molar-refractivity contribution < 1.29 is 27.5 Å². The Kier molecular flexibility index (Phi) is 7.14. The second kappa shape index (κ2) is 9.65. The Balaban J connectivity index is 1.88. The molecule has 1 aromatic heterocycles. The fraction of sp³-hybridized carbons (Fsp3) is 0.238. The average molecular weight is 478 g/mol. The topological polar surface area (TPSA) is 107 Å². The fourth-order valence-electron chi connectivity index (χ4n) is 2.89. The van der Waals surface area contributed by atoms with E-state index in [0.29, 0.717) is 9.60 Å². The summed E-state index contributed by atoms with van der Waals surface area (Å²) < 4.78 is 36.4. The van der Waals surface area contributed by atoms with E-state index in [2.05, 4.69) is 10.3 Å². The largest absolute Gasteiger partial charge is 0.497 e. The van der Waals surface area contributed by atoms with Gasteiger partial charge in [0, 0.05) is 23.1 Å². The lowest BCUT2D eigenvalue weighted by atomic mass is 10.1. The summed E-state index contributed by atoms with van der Waals surface area (Å²) in [7, 11) is 1.40. The van der Waals surface area contributed by atoms with Crippen molar-refractivity contribution in [1.82, 2.24) is 9.45 Å². The molecule has 0 atom stereocenters. The lowest BCUT2D eigenvalue weighted by molar-refractivity contribution is -0.0259. The molecule has 3 aromatic rings. The van der Waals surface area contributed by atoms with E-state index in [1.54, 1.807) is 7.11 Å². The quantitative estimate of drug-likeness (QED) is 0.494. The molecule has 9 nitrogen and oxygen atoms in total. The van der Waals surface area contributed by atoms with E-state index < -0.39 is 15.9 Å². The second-order valence-electron chi connectivity index (χ2n) is 6.57. The molecule has 1 heterocycles. The Morgan fingerprint density at radius 3 is 2.34 bits per heavy atom. The average Bonchev–Trinajstić information content (AvgIpc) is 3.17. The van der Waals surface area contributed by atoms with Gasteiger partial charge in [-0.2, -0.15) is 0 Å². The minimum absolute atomic E-state index is 0.0948. The number of carbonyl (C=O) groups is 1. The van der Waals surface area contributed by atoms with Crippen LogP contribution in [0.25, 0.3) is 11.3 Å². The number of benzene rings is 2. The smallest absolute Gasteiger partial charge is 0.268 e. The number of rotatable bonds is 8. The van der Waals surface area contributed by atoms with E-state index in [9.17, 15) is 13.2 Å². The highest BCUT2D eigenvalue weighted by Gasteiger charge is 2.26. The fourth-order valence-corrected chi connectivity index (χ4v) is 4.88. The molecule has 0 unspecified atom stereocenters. The molecule has 0 spiro atoms. The summed E-state index contributed by atoms with van der Waals surface area (Å²) >= 11 is 1.32. The van der Waals surface area contributed by atoms with E-state index in [1.807, 2.05) is 31.2 Å². The van der Waals surface area contributed by atoms with E-state index in [-0.39, 0.29) is 16.2 Å². The normalized spacial score (nSPS) is 11.4. The van der Waals surface area contributed by atoms with E-state index >= 15 is 0 Å². The number of hydroxylamine groups is 1. The maximum absolute atomic E-state index is 12.8. The van der Waals surface area contributed by atoms with Gasteiger partial charge in [-0.3, -0.25) is 14.9 Å². The highest BCUT2D eigenvalue weighted by atomic mass is 32.2. The van der Waals surface area contributed by atoms with Gasteiger partial charge in [0.15, 0.2) is 5.13 Å². The Morgan fingerprint density at radius 1 is 1.06 bits per heavy atom. The van der Waals surface area contributed by atoms with Crippen LogP contribution in [0.3, 0.4) is 0 Å². The van der Waals surface area contributed by atoms with Crippen molar-refractivity contribution in [3.05, 3.63) is 52.9 Å². The van der Waals surface area contributed by atoms with Gasteiger partial charge in [-0.25, -0.2) is 13.4 Å². The van der Waals surface area contributed by atoms with Gasteiger partial charge in [0.25, 0.3) is 15.9 Å². The van der Waals surface area contributed by atoms with Crippen LogP contribution in [-0.4, -0.2) is 52.2 Å². The summed E-state index contributed by atoms with van der Waals surface area (Å²) in [5.74, 6) is 0.330. The van der Waals surface area contributed by atoms with Crippen molar-refractivity contribution >= 4 is 32.4 Å². The van der Waals surface area contributed by atoms with Gasteiger partial charge in [-0.1, -0.05) is 4.47 Å². The van der Waals surface area contributed by atoms with Crippen LogP contribution in [0.15, 0.2) is 47.4 Å². The van der Waals surface area contributed by atoms with Crippen molar-refractivity contribution in [2.45, 2.75) is 11.8 Å². The van der Waals surface area contributed by atoms with E-state index in [4.69, 9.17) is 14.3 Å². The minimum Gasteiger partial charge on any atom is -0.497 e. The molecule has 0 fully saturated rings. The molecule has 0 aliphatic heterocycles. The molecule has 11 heteroatoms. The molecule has 2 aromatic carbocycles. The van der Waals surface area contributed by atoms with E-state index in [0.717, 1.165) is 21.9 Å². The first-order valence-electron chi connectivity index (χ1n) is 9.35. The summed E-state index contributed by atoms with van der Waals surface area (Å²) in [5.41, 5.74) is 1.76. The molecule has 0 radical (unpaired) electrons. The Labute approximate surface area is 190 Å². The number of nitrogens with one attached hydrogen (secondary N) is 1. The Bertz CT molecular complexity index is 1220. The maximum Gasteiger partial charge on any atom is 0.268 e. The van der Waals surface area contributed by atoms with Crippen molar-refractivity contribution in [3.63, 3.8) is 0 Å². The molecule has 32 heavy (non-hydrogen) atoms. The molecule has 3 rings (SSSR count). The molecule has 1 N–H and O–H groups in total. The first kappa shape index (κ1) is 23.7. The molecular formula is C21H23N3O6S2. The van der Waals surface area contributed by atoms with Gasteiger partial charge in [-0.05, 0) is 49.4 Å². The molecule has 1 amide bonds. The van der Waals surface area contributed by atoms with Gasteiger partial charge in [0.05, 0.1) is 27.0 Å². The number of hydrogen-bond donors (Lipinski definition) is 1. The van der Waals surface area contributed by atoms with Crippen molar-refractivity contribution in [1.29, 1.82) is 0 Å². The lowest BCUT2D eigenvalue weighted by Crippen LogP contribution is -2.26. The second-order valence-corrected chi connectivity index (χ2v) is 9.68. The van der Waals surface area contributed by atoms with Crippen LogP contribution in [0.5, 0.6) is 11.5 Å². The van der Waals surface area contributed by atoms with Crippen LogP contribution in [-0.2, 0) is 14.9 Å². The third-order valence-electron chi connectivity index (χ3n) is 4.68. The van der Waals surface area contributed by atoms with Gasteiger partial charge < -0.3 is 9.47 Å². The Hall–Kier alpha value is -2.99. The first-order chi connectivity index (χ1) is 15.2. The number of ether oxygens (including phenoxy) is 2. The number of carbonyl (C=O) groups excluding carboxylic acids is 1.